The number of rotatable bonds is 7. The minimum Gasteiger partial charge on any atom is -0.481 e. The van der Waals surface area contributed by atoms with E-state index in [1.165, 1.54) is 0 Å². The summed E-state index contributed by atoms with van der Waals surface area (Å²) in [5.74, 6) is 1.80. The molecule has 2 unspecified atom stereocenters. The van der Waals surface area contributed by atoms with Gasteiger partial charge in [-0.3, -0.25) is 14.6 Å². The van der Waals surface area contributed by atoms with Gasteiger partial charge in [-0.05, 0) is 37.9 Å². The molecule has 0 spiro atoms. The maximum atomic E-state index is 11.1. The Hall–Kier alpha value is -1.37. The number of aliphatic carboxylic acids is 1. The minimum absolute atomic E-state index is 0.267. The molecule has 1 N–H and O–H groups in total. The molecule has 1 aromatic rings. The molecule has 2 fully saturated rings. The zero-order valence-electron chi connectivity index (χ0n) is 16.2. The molecule has 0 radical (unpaired) electrons. The minimum atomic E-state index is -0.683. The molecule has 3 heterocycles. The van der Waals surface area contributed by atoms with Crippen LogP contribution in [0, 0.1) is 5.92 Å². The van der Waals surface area contributed by atoms with Crippen molar-refractivity contribution >= 4 is 5.97 Å². The van der Waals surface area contributed by atoms with Gasteiger partial charge >= 0.3 is 5.97 Å². The molecular weight excluding hydrogens is 330 g/mol. The number of furan rings is 1. The Morgan fingerprint density at radius 3 is 2.58 bits per heavy atom. The van der Waals surface area contributed by atoms with Crippen LogP contribution in [0.15, 0.2) is 16.5 Å². The van der Waals surface area contributed by atoms with Crippen LogP contribution in [-0.4, -0.2) is 78.1 Å². The Morgan fingerprint density at radius 1 is 1.19 bits per heavy atom. The third-order valence-electron chi connectivity index (χ3n) is 5.96. The fourth-order valence-corrected chi connectivity index (χ4v) is 4.38. The van der Waals surface area contributed by atoms with Crippen molar-refractivity contribution in [3.8, 4) is 0 Å². The third kappa shape index (κ3) is 5.09. The molecule has 3 rings (SSSR count). The normalized spacial score (nSPS) is 26.2. The van der Waals surface area contributed by atoms with Gasteiger partial charge < -0.3 is 14.4 Å². The summed E-state index contributed by atoms with van der Waals surface area (Å²) >= 11 is 0. The lowest BCUT2D eigenvalue weighted by Crippen LogP contribution is -2.56. The summed E-state index contributed by atoms with van der Waals surface area (Å²) in [5.41, 5.74) is 0. The van der Waals surface area contributed by atoms with Gasteiger partial charge in [0.2, 0.25) is 0 Å². The molecule has 2 aliphatic rings. The van der Waals surface area contributed by atoms with Gasteiger partial charge in [-0.1, -0.05) is 6.92 Å². The maximum absolute atomic E-state index is 11.1. The molecule has 26 heavy (non-hydrogen) atoms. The zero-order valence-corrected chi connectivity index (χ0v) is 16.2. The summed E-state index contributed by atoms with van der Waals surface area (Å²) in [7, 11) is 2.18. The summed E-state index contributed by atoms with van der Waals surface area (Å²) < 4.78 is 5.87. The summed E-state index contributed by atoms with van der Waals surface area (Å²) in [6, 6.07) is 4.66. The molecule has 146 valence electrons. The molecular formula is C20H33N3O3. The molecule has 2 atom stereocenters. The van der Waals surface area contributed by atoms with Gasteiger partial charge in [0, 0.05) is 58.2 Å². The maximum Gasteiger partial charge on any atom is 0.303 e. The van der Waals surface area contributed by atoms with E-state index < -0.39 is 5.97 Å². The van der Waals surface area contributed by atoms with E-state index in [1.54, 1.807) is 0 Å². The van der Waals surface area contributed by atoms with Gasteiger partial charge in [0.25, 0.3) is 0 Å². The number of likely N-dealkylation sites (N-methyl/N-ethyl adjacent to an activating group) is 1. The number of hydrogen-bond acceptors (Lipinski definition) is 5. The number of aryl methyl sites for hydroxylation is 1. The van der Waals surface area contributed by atoms with Crippen molar-refractivity contribution < 1.29 is 14.3 Å². The van der Waals surface area contributed by atoms with E-state index in [-0.39, 0.29) is 6.42 Å². The first-order valence-electron chi connectivity index (χ1n) is 9.99. The van der Waals surface area contributed by atoms with Crippen molar-refractivity contribution in [2.45, 2.75) is 45.2 Å². The molecule has 1 aromatic heterocycles. The van der Waals surface area contributed by atoms with Crippen LogP contribution >= 0.6 is 0 Å². The Morgan fingerprint density at radius 2 is 1.92 bits per heavy atom. The molecule has 0 aromatic carbocycles. The quantitative estimate of drug-likeness (QED) is 0.801. The van der Waals surface area contributed by atoms with Crippen LogP contribution in [0.5, 0.6) is 0 Å². The number of carboxylic acids is 1. The summed E-state index contributed by atoms with van der Waals surface area (Å²) in [5, 5.41) is 9.16. The van der Waals surface area contributed by atoms with Gasteiger partial charge in [-0.25, -0.2) is 0 Å². The highest BCUT2D eigenvalue weighted by Crippen LogP contribution is 2.28. The lowest BCUT2D eigenvalue weighted by molar-refractivity contribution is -0.137. The fraction of sp³-hybridized carbons (Fsp3) is 0.750. The van der Waals surface area contributed by atoms with Crippen LogP contribution in [-0.2, 0) is 17.8 Å². The number of carboxylic acid groups (broad SMARTS) is 1. The van der Waals surface area contributed by atoms with Crippen molar-refractivity contribution in [1.29, 1.82) is 0 Å². The van der Waals surface area contributed by atoms with Crippen LogP contribution in [0.25, 0.3) is 0 Å². The van der Waals surface area contributed by atoms with Crippen LogP contribution in [0.1, 0.15) is 37.7 Å². The molecule has 0 amide bonds. The molecule has 2 aliphatic heterocycles. The molecule has 2 saturated heterocycles. The predicted octanol–water partition coefficient (Wildman–Crippen LogP) is 2.14. The predicted molar refractivity (Wildman–Crippen MR) is 101 cm³/mol. The summed E-state index contributed by atoms with van der Waals surface area (Å²) in [6.07, 6.45) is 3.08. The highest BCUT2D eigenvalue weighted by atomic mass is 16.4. The van der Waals surface area contributed by atoms with Crippen molar-refractivity contribution in [2.24, 2.45) is 5.92 Å². The Balaban J connectivity index is 1.61. The van der Waals surface area contributed by atoms with Crippen molar-refractivity contribution in [2.75, 3.05) is 46.3 Å². The average Bonchev–Trinajstić information content (AvgIpc) is 3.08. The topological polar surface area (TPSA) is 60.2 Å². The van der Waals surface area contributed by atoms with Gasteiger partial charge in [-0.2, -0.15) is 0 Å². The third-order valence-corrected chi connectivity index (χ3v) is 5.96. The second-order valence-corrected chi connectivity index (χ2v) is 7.84. The SMILES string of the molecule is CCc1ccc(CN2CCC(N3CCN(C)CC3)C(CCC(=O)O)C2)o1. The first-order chi connectivity index (χ1) is 12.5. The van der Waals surface area contributed by atoms with Crippen LogP contribution in [0.2, 0.25) is 0 Å². The van der Waals surface area contributed by atoms with E-state index in [4.69, 9.17) is 9.52 Å². The van der Waals surface area contributed by atoms with Crippen molar-refractivity contribution in [3.05, 3.63) is 23.7 Å². The number of carbonyl (C=O) groups is 1. The Labute approximate surface area is 156 Å². The van der Waals surface area contributed by atoms with E-state index >= 15 is 0 Å². The number of piperidine rings is 1. The van der Waals surface area contributed by atoms with Crippen molar-refractivity contribution in [3.63, 3.8) is 0 Å². The Kier molecular flexibility index (Phi) is 6.73. The van der Waals surface area contributed by atoms with Crippen LogP contribution in [0.4, 0.5) is 0 Å². The second-order valence-electron chi connectivity index (χ2n) is 7.84. The average molecular weight is 364 g/mol. The van der Waals surface area contributed by atoms with Gasteiger partial charge in [0.1, 0.15) is 11.5 Å². The Bertz CT molecular complexity index is 581. The molecule has 6 nitrogen and oxygen atoms in total. The number of hydrogen-bond donors (Lipinski definition) is 1. The monoisotopic (exact) mass is 363 g/mol. The number of piperazine rings is 1. The summed E-state index contributed by atoms with van der Waals surface area (Å²) in [6.45, 7) is 9.38. The second kappa shape index (κ2) is 9.02. The van der Waals surface area contributed by atoms with E-state index in [2.05, 4.69) is 40.8 Å². The lowest BCUT2D eigenvalue weighted by atomic mass is 9.86. The molecule has 0 aliphatic carbocycles. The first kappa shape index (κ1) is 19.4. The van der Waals surface area contributed by atoms with E-state index in [0.717, 1.165) is 76.6 Å². The molecule has 6 heteroatoms. The smallest absolute Gasteiger partial charge is 0.303 e. The largest absolute Gasteiger partial charge is 0.481 e. The van der Waals surface area contributed by atoms with Gasteiger partial charge in [-0.15, -0.1) is 0 Å². The van der Waals surface area contributed by atoms with E-state index in [1.807, 2.05) is 0 Å². The van der Waals surface area contributed by atoms with Crippen LogP contribution in [0.3, 0.4) is 0 Å². The number of likely N-dealkylation sites (tertiary alicyclic amines) is 1. The standard InChI is InChI=1S/C20H33N3O3/c1-3-17-5-6-18(26-17)15-22-9-8-19(16(14-22)4-7-20(24)25)23-12-10-21(2)11-13-23/h5-6,16,19H,3-4,7-15H2,1-2H3,(H,24,25). The van der Waals surface area contributed by atoms with E-state index in [9.17, 15) is 4.79 Å². The van der Waals surface area contributed by atoms with Gasteiger partial charge in [0.05, 0.1) is 6.54 Å². The highest BCUT2D eigenvalue weighted by molar-refractivity contribution is 5.66. The molecule has 0 saturated carbocycles. The van der Waals surface area contributed by atoms with Crippen LogP contribution < -0.4 is 0 Å². The van der Waals surface area contributed by atoms with E-state index in [0.29, 0.717) is 12.0 Å². The first-order valence-corrected chi connectivity index (χ1v) is 9.99. The number of nitrogens with zero attached hydrogens (tertiary/aromatic N) is 3. The summed E-state index contributed by atoms with van der Waals surface area (Å²) in [4.78, 5) is 18.5. The zero-order chi connectivity index (χ0) is 18.5. The lowest BCUT2D eigenvalue weighted by Gasteiger charge is -2.46. The fourth-order valence-electron chi connectivity index (χ4n) is 4.38. The highest BCUT2D eigenvalue weighted by Gasteiger charge is 2.34. The van der Waals surface area contributed by atoms with Gasteiger partial charge in [0.15, 0.2) is 0 Å². The van der Waals surface area contributed by atoms with Crippen molar-refractivity contribution in [1.82, 2.24) is 14.7 Å². The molecule has 0 bridgehead atoms.